The molecule has 0 unspecified atom stereocenters. The van der Waals surface area contributed by atoms with E-state index in [0.29, 0.717) is 41.6 Å². The number of amides is 2. The van der Waals surface area contributed by atoms with Crippen molar-refractivity contribution in [3.05, 3.63) is 46.1 Å². The van der Waals surface area contributed by atoms with Gasteiger partial charge in [-0.3, -0.25) is 14.6 Å². The minimum Gasteiger partial charge on any atom is -0.466 e. The Kier molecular flexibility index (Phi) is 8.15. The van der Waals surface area contributed by atoms with Crippen molar-refractivity contribution >= 4 is 29.6 Å². The van der Waals surface area contributed by atoms with Crippen molar-refractivity contribution in [2.24, 2.45) is 5.92 Å². The maximum Gasteiger partial charge on any atom is 0.338 e. The van der Waals surface area contributed by atoms with Crippen LogP contribution in [0, 0.1) is 5.92 Å². The van der Waals surface area contributed by atoms with Gasteiger partial charge in [-0.1, -0.05) is 29.8 Å². The molecule has 174 valence electrons. The van der Waals surface area contributed by atoms with E-state index >= 15 is 0 Å². The summed E-state index contributed by atoms with van der Waals surface area (Å²) >= 11 is 6.41. The van der Waals surface area contributed by atoms with Gasteiger partial charge in [-0.05, 0) is 44.9 Å². The lowest BCUT2D eigenvalue weighted by Crippen LogP contribution is -2.50. The number of likely N-dealkylation sites (tertiary alicyclic amines) is 1. The predicted molar refractivity (Wildman–Crippen MR) is 120 cm³/mol. The second kappa shape index (κ2) is 10.8. The molecule has 0 radical (unpaired) electrons. The number of nitrogens with zero attached hydrogens (tertiary/aromatic N) is 2. The van der Waals surface area contributed by atoms with Crippen LogP contribution in [-0.4, -0.2) is 67.7 Å². The zero-order valence-electron chi connectivity index (χ0n) is 18.7. The fourth-order valence-electron chi connectivity index (χ4n) is 4.20. The molecule has 1 aromatic rings. The van der Waals surface area contributed by atoms with Crippen LogP contribution in [0.4, 0.5) is 4.79 Å². The van der Waals surface area contributed by atoms with Gasteiger partial charge in [0.15, 0.2) is 0 Å². The summed E-state index contributed by atoms with van der Waals surface area (Å²) in [6.45, 7) is 5.66. The molecule has 0 bridgehead atoms. The number of nitrogens with one attached hydrogen (secondary N) is 1. The van der Waals surface area contributed by atoms with Gasteiger partial charge in [0.2, 0.25) is 0 Å². The number of ether oxygens (including phenoxy) is 2. The van der Waals surface area contributed by atoms with Crippen molar-refractivity contribution in [1.29, 1.82) is 0 Å². The third-order valence-corrected chi connectivity index (χ3v) is 6.13. The summed E-state index contributed by atoms with van der Waals surface area (Å²) in [7, 11) is 1.62. The second-order valence-electron chi connectivity index (χ2n) is 7.87. The summed E-state index contributed by atoms with van der Waals surface area (Å²) in [5.41, 5.74) is 1.51. The summed E-state index contributed by atoms with van der Waals surface area (Å²) in [4.78, 5) is 41.7. The number of rotatable bonds is 7. The molecule has 0 spiro atoms. The smallest absolute Gasteiger partial charge is 0.338 e. The van der Waals surface area contributed by atoms with Crippen molar-refractivity contribution in [2.45, 2.75) is 32.7 Å². The first kappa shape index (κ1) is 24.1. The van der Waals surface area contributed by atoms with E-state index < -0.39 is 12.0 Å². The molecule has 1 N–H and O–H groups in total. The fraction of sp³-hybridized carbons (Fsp3) is 0.522. The van der Waals surface area contributed by atoms with E-state index in [2.05, 4.69) is 10.2 Å². The summed E-state index contributed by atoms with van der Waals surface area (Å²) in [6, 6.07) is 6.04. The summed E-state index contributed by atoms with van der Waals surface area (Å²) in [6.07, 6.45) is 1.59. The highest BCUT2D eigenvalue weighted by molar-refractivity contribution is 6.31. The highest BCUT2D eigenvalue weighted by Gasteiger charge is 2.39. The molecule has 3 rings (SSSR count). The predicted octanol–water partition coefficient (Wildman–Crippen LogP) is 3.13. The maximum atomic E-state index is 13.1. The van der Waals surface area contributed by atoms with Gasteiger partial charge in [-0.15, -0.1) is 0 Å². The van der Waals surface area contributed by atoms with E-state index in [9.17, 15) is 14.4 Å². The van der Waals surface area contributed by atoms with Crippen LogP contribution in [-0.2, 0) is 19.1 Å². The molecular formula is C23H30ClN3O5. The molecule has 1 saturated heterocycles. The van der Waals surface area contributed by atoms with Crippen molar-refractivity contribution in [2.75, 3.05) is 39.9 Å². The Balaban J connectivity index is 1.98. The largest absolute Gasteiger partial charge is 0.466 e. The first-order chi connectivity index (χ1) is 15.4. The minimum absolute atomic E-state index is 0.206. The van der Waals surface area contributed by atoms with Crippen LogP contribution in [0.5, 0.6) is 0 Å². The molecule has 32 heavy (non-hydrogen) atoms. The fourth-order valence-corrected chi connectivity index (χ4v) is 4.45. The van der Waals surface area contributed by atoms with Crippen molar-refractivity contribution in [1.82, 2.24) is 15.1 Å². The molecule has 2 atom stereocenters. The van der Waals surface area contributed by atoms with E-state index in [4.69, 9.17) is 21.1 Å². The lowest BCUT2D eigenvalue weighted by atomic mass is 9.93. The number of piperidine rings is 1. The number of likely N-dealkylation sites (N-methyl/N-ethyl adjacent to an activating group) is 1. The van der Waals surface area contributed by atoms with Crippen molar-refractivity contribution < 1.29 is 23.9 Å². The third kappa shape index (κ3) is 5.24. The van der Waals surface area contributed by atoms with Crippen LogP contribution in [0.25, 0.3) is 0 Å². The number of carbonyl (C=O) groups excluding carboxylic acids is 3. The number of esters is 2. The normalized spacial score (nSPS) is 21.9. The number of benzene rings is 1. The Morgan fingerprint density at radius 2 is 1.91 bits per heavy atom. The van der Waals surface area contributed by atoms with Gasteiger partial charge in [0.1, 0.15) is 0 Å². The highest BCUT2D eigenvalue weighted by atomic mass is 35.5. The molecule has 2 amide bonds. The summed E-state index contributed by atoms with van der Waals surface area (Å²) in [5.74, 6) is -0.934. The lowest BCUT2D eigenvalue weighted by Gasteiger charge is -2.38. The van der Waals surface area contributed by atoms with Gasteiger partial charge in [0.05, 0.1) is 30.7 Å². The van der Waals surface area contributed by atoms with Crippen LogP contribution in [0.3, 0.4) is 0 Å². The molecule has 2 aliphatic rings. The van der Waals surface area contributed by atoms with E-state index in [1.807, 2.05) is 6.07 Å². The van der Waals surface area contributed by atoms with Gasteiger partial charge in [-0.25, -0.2) is 9.59 Å². The van der Waals surface area contributed by atoms with E-state index in [1.165, 1.54) is 4.90 Å². The van der Waals surface area contributed by atoms with Crippen LogP contribution in [0.1, 0.15) is 38.3 Å². The van der Waals surface area contributed by atoms with Gasteiger partial charge >= 0.3 is 18.0 Å². The van der Waals surface area contributed by atoms with Crippen molar-refractivity contribution in [3.63, 3.8) is 0 Å². The Morgan fingerprint density at radius 3 is 2.59 bits per heavy atom. The topological polar surface area (TPSA) is 88.2 Å². The van der Waals surface area contributed by atoms with Crippen molar-refractivity contribution in [3.8, 4) is 0 Å². The third-order valence-electron chi connectivity index (χ3n) is 5.79. The number of carbonyl (C=O) groups is 3. The minimum atomic E-state index is -0.730. The molecular weight excluding hydrogens is 434 g/mol. The van der Waals surface area contributed by atoms with Crippen LogP contribution >= 0.6 is 11.6 Å². The van der Waals surface area contributed by atoms with Gasteiger partial charge in [0.25, 0.3) is 0 Å². The number of hydrogen-bond acceptors (Lipinski definition) is 6. The molecule has 8 nitrogen and oxygen atoms in total. The molecule has 2 aliphatic heterocycles. The van der Waals surface area contributed by atoms with Gasteiger partial charge in [-0.2, -0.15) is 0 Å². The molecule has 2 heterocycles. The van der Waals surface area contributed by atoms with Gasteiger partial charge < -0.3 is 14.8 Å². The maximum absolute atomic E-state index is 13.1. The van der Waals surface area contributed by atoms with Crippen LogP contribution in [0.15, 0.2) is 35.5 Å². The summed E-state index contributed by atoms with van der Waals surface area (Å²) in [5, 5.41) is 3.32. The van der Waals surface area contributed by atoms with Gasteiger partial charge in [0, 0.05) is 30.9 Å². The molecule has 9 heteroatoms. The zero-order chi connectivity index (χ0) is 23.3. The zero-order valence-corrected chi connectivity index (χ0v) is 19.5. The number of halogens is 1. The standard InChI is InChI=1S/C23H30ClN3O5/c1-4-31-21(28)15-9-8-12-27(13-15)14-18-19(22(29)32-5-2)20(25-23(30)26(18)3)16-10-6-7-11-17(16)24/h6-7,10-11,15,20H,4-5,8-9,12-14H2,1-3H3,(H,25,30)/t15-,20-/m1/s1. The number of hydrogen-bond donors (Lipinski definition) is 1. The average Bonchev–Trinajstić information content (AvgIpc) is 2.77. The van der Waals surface area contributed by atoms with Crippen LogP contribution in [0.2, 0.25) is 5.02 Å². The molecule has 0 aromatic heterocycles. The lowest BCUT2D eigenvalue weighted by molar-refractivity contribution is -0.150. The SMILES string of the molecule is CCOC(=O)C1=C(CN2CCC[C@@H](C(=O)OCC)C2)N(C)C(=O)N[C@@H]1c1ccccc1Cl. The highest BCUT2D eigenvalue weighted by Crippen LogP contribution is 2.35. The monoisotopic (exact) mass is 463 g/mol. The first-order valence-electron chi connectivity index (χ1n) is 10.9. The molecule has 1 aromatic carbocycles. The number of urea groups is 1. The molecule has 0 saturated carbocycles. The Labute approximate surface area is 193 Å². The molecule has 1 fully saturated rings. The van der Waals surface area contributed by atoms with E-state index in [1.54, 1.807) is 39.1 Å². The Morgan fingerprint density at radius 1 is 1.19 bits per heavy atom. The second-order valence-corrected chi connectivity index (χ2v) is 8.28. The quantitative estimate of drug-likeness (QED) is 0.625. The Hall–Kier alpha value is -2.58. The Bertz CT molecular complexity index is 903. The van der Waals surface area contributed by atoms with E-state index in [-0.39, 0.29) is 24.5 Å². The first-order valence-corrected chi connectivity index (χ1v) is 11.3. The molecule has 0 aliphatic carbocycles. The summed E-state index contributed by atoms with van der Waals surface area (Å²) < 4.78 is 10.6. The average molecular weight is 464 g/mol. The van der Waals surface area contributed by atoms with E-state index in [0.717, 1.165) is 19.4 Å². The van der Waals surface area contributed by atoms with Crippen LogP contribution < -0.4 is 5.32 Å².